The van der Waals surface area contributed by atoms with Crippen molar-refractivity contribution in [2.45, 2.75) is 69.6 Å². The highest BCUT2D eigenvalue weighted by Gasteiger charge is 2.53. The third-order valence-electron chi connectivity index (χ3n) is 6.27. The molecule has 0 spiro atoms. The largest absolute Gasteiger partial charge is 0.481 e. The molecule has 27 heavy (non-hydrogen) atoms. The van der Waals surface area contributed by atoms with E-state index < -0.39 is 37.0 Å². The van der Waals surface area contributed by atoms with E-state index in [2.05, 4.69) is 13.8 Å². The van der Waals surface area contributed by atoms with Crippen LogP contribution in [0.1, 0.15) is 63.6 Å². The van der Waals surface area contributed by atoms with Crippen LogP contribution < -0.4 is 5.73 Å². The lowest BCUT2D eigenvalue weighted by molar-refractivity contribution is -0.150. The van der Waals surface area contributed by atoms with Crippen LogP contribution in [-0.2, 0) is 31.4 Å². The van der Waals surface area contributed by atoms with Crippen molar-refractivity contribution >= 4 is 20.3 Å². The highest BCUT2D eigenvalue weighted by Crippen LogP contribution is 2.50. The quantitative estimate of drug-likeness (QED) is 0.585. The molecule has 0 fully saturated rings. The molecule has 0 heterocycles. The smallest absolute Gasteiger partial charge is 0.309 e. The molecule has 4 N–H and O–H groups in total. The first-order valence-electron chi connectivity index (χ1n) is 9.20. The molecule has 1 aromatic rings. The lowest BCUT2D eigenvalue weighted by atomic mass is 9.71. The first kappa shape index (κ1) is 21.6. The molecule has 0 aliphatic heterocycles. The van der Waals surface area contributed by atoms with Gasteiger partial charge in [-0.1, -0.05) is 45.9 Å². The molecule has 1 aliphatic carbocycles. The van der Waals surface area contributed by atoms with Crippen LogP contribution in [0.4, 0.5) is 0 Å². The number of nitrogens with two attached hydrogens (primary N) is 1. The summed E-state index contributed by atoms with van der Waals surface area (Å²) >= 11 is 0. The summed E-state index contributed by atoms with van der Waals surface area (Å²) in [5, 5.41) is 19.0. The van der Waals surface area contributed by atoms with Crippen LogP contribution in [0.25, 0.3) is 0 Å². The van der Waals surface area contributed by atoms with E-state index in [1.54, 1.807) is 13.8 Å². The van der Waals surface area contributed by atoms with Gasteiger partial charge in [-0.05, 0) is 41.4 Å². The van der Waals surface area contributed by atoms with Crippen molar-refractivity contribution in [1.82, 2.24) is 0 Å². The Morgan fingerprint density at radius 2 is 1.96 bits per heavy atom. The molecule has 6 nitrogen and oxygen atoms in total. The van der Waals surface area contributed by atoms with Crippen LogP contribution >= 0.6 is 8.46 Å². The van der Waals surface area contributed by atoms with Gasteiger partial charge in [0.15, 0.2) is 0 Å². The highest BCUT2D eigenvalue weighted by molar-refractivity contribution is 7.26. The maximum atomic E-state index is 12.2. The van der Waals surface area contributed by atoms with Crippen LogP contribution in [0.5, 0.6) is 0 Å². The van der Waals surface area contributed by atoms with E-state index in [-0.39, 0.29) is 18.3 Å². The summed E-state index contributed by atoms with van der Waals surface area (Å²) in [6, 6.07) is 5.91. The lowest BCUT2D eigenvalue weighted by Crippen LogP contribution is -2.52. The third-order valence-corrected chi connectivity index (χ3v) is 7.75. The molecule has 0 radical (unpaired) electrons. The van der Waals surface area contributed by atoms with Gasteiger partial charge in [-0.3, -0.25) is 9.59 Å². The molecule has 0 saturated heterocycles. The SMILES string of the molecule is CC1(C)CCc2ccc(C(C)(C)C(O)([PH2]=O)C(CCC(N)=O)C(=O)O)cc21. The van der Waals surface area contributed by atoms with E-state index in [0.29, 0.717) is 0 Å². The molecule has 1 aromatic carbocycles. The summed E-state index contributed by atoms with van der Waals surface area (Å²) in [4.78, 5) is 23.0. The Hall–Kier alpha value is -1.65. The minimum atomic E-state index is -1.98. The van der Waals surface area contributed by atoms with Gasteiger partial charge in [0.25, 0.3) is 0 Å². The average molecular weight is 395 g/mol. The van der Waals surface area contributed by atoms with Gasteiger partial charge >= 0.3 is 5.97 Å². The molecule has 3 atom stereocenters. The predicted octanol–water partition coefficient (Wildman–Crippen LogP) is 2.60. The van der Waals surface area contributed by atoms with Crippen molar-refractivity contribution in [2.75, 3.05) is 0 Å². The molecular weight excluding hydrogens is 365 g/mol. The van der Waals surface area contributed by atoms with Gasteiger partial charge in [0.1, 0.15) is 5.34 Å². The van der Waals surface area contributed by atoms with E-state index in [0.717, 1.165) is 18.4 Å². The van der Waals surface area contributed by atoms with Crippen LogP contribution in [-0.4, -0.2) is 27.4 Å². The second kappa shape index (κ2) is 7.40. The number of aryl methyl sites for hydroxylation is 1. The van der Waals surface area contributed by atoms with Gasteiger partial charge in [0.2, 0.25) is 5.91 Å². The number of carboxylic acids is 1. The first-order chi connectivity index (χ1) is 12.4. The number of rotatable bonds is 8. The van der Waals surface area contributed by atoms with Crippen LogP contribution in [0.3, 0.4) is 0 Å². The van der Waals surface area contributed by atoms with Gasteiger partial charge in [-0.25, -0.2) is 0 Å². The Kier molecular flexibility index (Phi) is 5.93. The number of carboxylic acid groups (broad SMARTS) is 1. The van der Waals surface area contributed by atoms with E-state index in [1.807, 2.05) is 18.2 Å². The molecule has 1 amide bonds. The molecule has 150 valence electrons. The molecule has 3 unspecified atom stereocenters. The maximum Gasteiger partial charge on any atom is 0.309 e. The van der Waals surface area contributed by atoms with Gasteiger partial charge in [0.05, 0.1) is 14.4 Å². The molecule has 0 bridgehead atoms. The Morgan fingerprint density at radius 3 is 2.48 bits per heavy atom. The summed E-state index contributed by atoms with van der Waals surface area (Å²) in [6.07, 6.45) is 1.67. The van der Waals surface area contributed by atoms with Gasteiger partial charge < -0.3 is 20.5 Å². The first-order valence-corrected chi connectivity index (χ1v) is 10.3. The Labute approximate surface area is 161 Å². The van der Waals surface area contributed by atoms with Crippen molar-refractivity contribution in [3.63, 3.8) is 0 Å². The monoisotopic (exact) mass is 395 g/mol. The average Bonchev–Trinajstić information content (AvgIpc) is 2.88. The Morgan fingerprint density at radius 1 is 1.33 bits per heavy atom. The number of aliphatic hydroxyl groups is 1. The number of aliphatic carboxylic acids is 1. The molecular formula is C20H30NO5P. The van der Waals surface area contributed by atoms with Crippen molar-refractivity contribution in [2.24, 2.45) is 11.7 Å². The fraction of sp³-hybridized carbons (Fsp3) is 0.600. The zero-order valence-electron chi connectivity index (χ0n) is 16.4. The number of carbonyl (C=O) groups excluding carboxylic acids is 1. The standard InChI is InChI=1S/C20H30NO5P/c1-18(2)10-9-12-5-6-13(11-15(12)18)19(3,4)20(25,27-26)14(17(23)24)7-8-16(21)22/h5-6,11,14,25H,7-10,27H2,1-4H3,(H2,21,22)(H,23,24). The number of amides is 1. The maximum absolute atomic E-state index is 12.2. The zero-order valence-corrected chi connectivity index (χ0v) is 17.6. The molecule has 0 aromatic heterocycles. The van der Waals surface area contributed by atoms with Gasteiger partial charge in [-0.2, -0.15) is 0 Å². The number of benzene rings is 1. The van der Waals surface area contributed by atoms with E-state index in [1.165, 1.54) is 11.1 Å². The molecule has 1 aliphatic rings. The normalized spacial score (nSPS) is 19.6. The second-order valence-electron chi connectivity index (χ2n) is 8.72. The summed E-state index contributed by atoms with van der Waals surface area (Å²) in [7, 11) is -1.85. The summed E-state index contributed by atoms with van der Waals surface area (Å²) in [5.74, 6) is -3.29. The Bertz CT molecular complexity index is 774. The molecule has 2 rings (SSSR count). The van der Waals surface area contributed by atoms with Crippen LogP contribution in [0, 0.1) is 5.92 Å². The fourth-order valence-electron chi connectivity index (χ4n) is 4.11. The number of carbonyl (C=O) groups is 2. The number of primary amides is 1. The number of hydrogen-bond acceptors (Lipinski definition) is 4. The van der Waals surface area contributed by atoms with Crippen molar-refractivity contribution in [3.8, 4) is 0 Å². The van der Waals surface area contributed by atoms with Gasteiger partial charge in [0, 0.05) is 11.8 Å². The minimum Gasteiger partial charge on any atom is -0.481 e. The van der Waals surface area contributed by atoms with Crippen molar-refractivity contribution in [3.05, 3.63) is 34.9 Å². The van der Waals surface area contributed by atoms with Crippen molar-refractivity contribution in [1.29, 1.82) is 0 Å². The number of fused-ring (bicyclic) bond motifs is 1. The summed E-state index contributed by atoms with van der Waals surface area (Å²) in [6.45, 7) is 7.74. The second-order valence-corrected chi connectivity index (χ2v) is 9.84. The van der Waals surface area contributed by atoms with Crippen LogP contribution in [0.15, 0.2) is 18.2 Å². The predicted molar refractivity (Wildman–Crippen MR) is 106 cm³/mol. The summed E-state index contributed by atoms with van der Waals surface area (Å²) in [5.41, 5.74) is 7.24. The fourth-order valence-corrected chi connectivity index (χ4v) is 5.04. The molecule has 7 heteroatoms. The van der Waals surface area contributed by atoms with E-state index in [9.17, 15) is 24.4 Å². The van der Waals surface area contributed by atoms with Crippen LogP contribution in [0.2, 0.25) is 0 Å². The lowest BCUT2D eigenvalue weighted by Gasteiger charge is -2.43. The van der Waals surface area contributed by atoms with Gasteiger partial charge in [-0.15, -0.1) is 0 Å². The zero-order chi connectivity index (χ0) is 20.6. The summed E-state index contributed by atoms with van der Waals surface area (Å²) < 4.78 is 12.2. The minimum absolute atomic E-state index is 0.00201. The van der Waals surface area contributed by atoms with E-state index in [4.69, 9.17) is 5.73 Å². The topological polar surface area (TPSA) is 118 Å². The molecule has 0 saturated carbocycles. The third kappa shape index (κ3) is 3.83. The Balaban J connectivity index is 2.52. The number of hydrogen-bond donors (Lipinski definition) is 3. The highest BCUT2D eigenvalue weighted by atomic mass is 31.1. The van der Waals surface area contributed by atoms with Crippen molar-refractivity contribution < 1.29 is 24.4 Å². The van der Waals surface area contributed by atoms with E-state index >= 15 is 0 Å².